The van der Waals surface area contributed by atoms with Crippen LogP contribution in [0, 0.1) is 0 Å². The van der Waals surface area contributed by atoms with Crippen molar-refractivity contribution in [2.24, 2.45) is 0 Å². The maximum absolute atomic E-state index is 12.7. The number of hydrogen-bond acceptors (Lipinski definition) is 2. The normalized spacial score (nSPS) is 21.6. The summed E-state index contributed by atoms with van der Waals surface area (Å²) in [4.78, 5) is 1.89. The van der Waals surface area contributed by atoms with Crippen molar-refractivity contribution in [3.05, 3.63) is 29.3 Å². The highest BCUT2D eigenvalue weighted by atomic mass is 32.2. The number of benzene rings is 1. The SMILES string of the molecule is C[NH+]1CCN(S(=O)(=O)c2ccc3c(c2)CCCC3)CC1. The number of piperazine rings is 1. The van der Waals surface area contributed by atoms with Crippen LogP contribution in [0.4, 0.5) is 0 Å². The summed E-state index contributed by atoms with van der Waals surface area (Å²) in [6.45, 7) is 3.05. The van der Waals surface area contributed by atoms with Gasteiger partial charge in [-0.2, -0.15) is 4.31 Å². The van der Waals surface area contributed by atoms with Crippen molar-refractivity contribution < 1.29 is 13.3 Å². The third-order valence-electron chi connectivity index (χ3n) is 4.53. The maximum atomic E-state index is 12.7. The molecular formula is C15H23N2O2S+. The van der Waals surface area contributed by atoms with Gasteiger partial charge < -0.3 is 4.90 Å². The van der Waals surface area contributed by atoms with Crippen molar-refractivity contribution in [3.63, 3.8) is 0 Å². The Labute approximate surface area is 121 Å². The summed E-state index contributed by atoms with van der Waals surface area (Å²) in [6, 6.07) is 5.72. The standard InChI is InChI=1S/C15H22N2O2S/c1-16-8-10-17(11-9-16)20(18,19)15-7-6-13-4-2-3-5-14(13)12-15/h6-7,12H,2-5,8-11H2,1H3/p+1. The average molecular weight is 295 g/mol. The second-order valence-corrected chi connectivity index (χ2v) is 7.94. The highest BCUT2D eigenvalue weighted by molar-refractivity contribution is 7.89. The number of rotatable bonds is 2. The smallest absolute Gasteiger partial charge is 0.243 e. The van der Waals surface area contributed by atoms with E-state index in [1.807, 2.05) is 12.1 Å². The van der Waals surface area contributed by atoms with Crippen LogP contribution in [-0.4, -0.2) is 45.9 Å². The van der Waals surface area contributed by atoms with Crippen LogP contribution in [0.15, 0.2) is 23.1 Å². The van der Waals surface area contributed by atoms with Crippen molar-refractivity contribution in [3.8, 4) is 0 Å². The number of likely N-dealkylation sites (N-methyl/N-ethyl adjacent to an activating group) is 1. The van der Waals surface area contributed by atoms with Gasteiger partial charge in [0.25, 0.3) is 0 Å². The molecule has 1 aliphatic carbocycles. The molecule has 20 heavy (non-hydrogen) atoms. The molecule has 0 atom stereocenters. The van der Waals surface area contributed by atoms with Crippen LogP contribution in [0.1, 0.15) is 24.0 Å². The Bertz CT molecular complexity index is 590. The minimum atomic E-state index is -3.30. The lowest BCUT2D eigenvalue weighted by Crippen LogP contribution is -3.12. The Balaban J connectivity index is 1.87. The molecular weight excluding hydrogens is 272 g/mol. The van der Waals surface area contributed by atoms with Crippen molar-refractivity contribution in [1.29, 1.82) is 0 Å². The van der Waals surface area contributed by atoms with E-state index in [4.69, 9.17) is 0 Å². The molecule has 0 bridgehead atoms. The van der Waals surface area contributed by atoms with E-state index in [9.17, 15) is 8.42 Å². The molecule has 5 heteroatoms. The zero-order valence-corrected chi connectivity index (χ0v) is 12.9. The number of nitrogens with zero attached hydrogens (tertiary/aromatic N) is 1. The summed E-state index contributed by atoms with van der Waals surface area (Å²) in [6.07, 6.45) is 4.51. The molecule has 0 aromatic heterocycles. The molecule has 3 rings (SSSR count). The monoisotopic (exact) mass is 295 g/mol. The lowest BCUT2D eigenvalue weighted by molar-refractivity contribution is -0.883. The predicted molar refractivity (Wildman–Crippen MR) is 78.5 cm³/mol. The summed E-state index contributed by atoms with van der Waals surface area (Å²) < 4.78 is 27.0. The van der Waals surface area contributed by atoms with E-state index >= 15 is 0 Å². The number of fused-ring (bicyclic) bond motifs is 1. The van der Waals surface area contributed by atoms with Crippen molar-refractivity contribution in [2.45, 2.75) is 30.6 Å². The van der Waals surface area contributed by atoms with Gasteiger partial charge in [-0.25, -0.2) is 8.42 Å². The summed E-state index contributed by atoms with van der Waals surface area (Å²) >= 11 is 0. The Hall–Kier alpha value is -0.910. The number of nitrogens with one attached hydrogen (secondary N) is 1. The lowest BCUT2D eigenvalue weighted by Gasteiger charge is -2.29. The molecule has 1 aliphatic heterocycles. The first-order chi connectivity index (χ1) is 9.57. The first-order valence-electron chi connectivity index (χ1n) is 7.50. The van der Waals surface area contributed by atoms with Gasteiger partial charge >= 0.3 is 0 Å². The highest BCUT2D eigenvalue weighted by Crippen LogP contribution is 2.25. The van der Waals surface area contributed by atoms with Gasteiger partial charge in [0.05, 0.1) is 38.1 Å². The quantitative estimate of drug-likeness (QED) is 0.840. The highest BCUT2D eigenvalue weighted by Gasteiger charge is 2.29. The molecule has 1 aromatic carbocycles. The molecule has 1 aromatic rings. The van der Waals surface area contributed by atoms with E-state index < -0.39 is 10.0 Å². The lowest BCUT2D eigenvalue weighted by atomic mass is 9.92. The number of aryl methyl sites for hydroxylation is 2. The molecule has 1 fully saturated rings. The molecule has 1 N–H and O–H groups in total. The van der Waals surface area contributed by atoms with Gasteiger partial charge in [0, 0.05) is 0 Å². The van der Waals surface area contributed by atoms with Gasteiger partial charge in [-0.05, 0) is 48.9 Å². The molecule has 0 spiro atoms. The van der Waals surface area contributed by atoms with Crippen LogP contribution in [0.3, 0.4) is 0 Å². The molecule has 0 radical (unpaired) electrons. The average Bonchev–Trinajstić information content (AvgIpc) is 2.47. The minimum absolute atomic E-state index is 0.484. The fourth-order valence-electron chi connectivity index (χ4n) is 3.13. The van der Waals surface area contributed by atoms with Gasteiger partial charge in [0.2, 0.25) is 10.0 Å². The Kier molecular flexibility index (Phi) is 3.84. The van der Waals surface area contributed by atoms with Crippen LogP contribution < -0.4 is 4.90 Å². The fraction of sp³-hybridized carbons (Fsp3) is 0.600. The van der Waals surface area contributed by atoms with E-state index in [1.165, 1.54) is 28.9 Å². The Morgan fingerprint density at radius 2 is 1.70 bits per heavy atom. The van der Waals surface area contributed by atoms with E-state index in [2.05, 4.69) is 7.05 Å². The van der Waals surface area contributed by atoms with E-state index in [0.29, 0.717) is 18.0 Å². The second kappa shape index (κ2) is 5.47. The second-order valence-electron chi connectivity index (χ2n) is 6.00. The molecule has 110 valence electrons. The van der Waals surface area contributed by atoms with Gasteiger partial charge in [-0.3, -0.25) is 0 Å². The van der Waals surface area contributed by atoms with Crippen LogP contribution in [0.2, 0.25) is 0 Å². The molecule has 0 amide bonds. The third kappa shape index (κ3) is 2.62. The van der Waals surface area contributed by atoms with Gasteiger partial charge in [-0.1, -0.05) is 6.07 Å². The Morgan fingerprint density at radius 1 is 1.05 bits per heavy atom. The third-order valence-corrected chi connectivity index (χ3v) is 6.43. The Morgan fingerprint density at radius 3 is 2.40 bits per heavy atom. The molecule has 1 heterocycles. The van der Waals surface area contributed by atoms with E-state index in [0.717, 1.165) is 25.9 Å². The molecule has 4 nitrogen and oxygen atoms in total. The summed E-state index contributed by atoms with van der Waals surface area (Å²) in [5.41, 5.74) is 2.56. The summed E-state index contributed by atoms with van der Waals surface area (Å²) in [5.74, 6) is 0. The van der Waals surface area contributed by atoms with Crippen LogP contribution in [0.5, 0.6) is 0 Å². The largest absolute Gasteiger partial charge is 0.335 e. The number of hydrogen-bond donors (Lipinski definition) is 1. The number of quaternary nitrogens is 1. The van der Waals surface area contributed by atoms with Gasteiger partial charge in [0.1, 0.15) is 0 Å². The maximum Gasteiger partial charge on any atom is 0.243 e. The summed E-state index contributed by atoms with van der Waals surface area (Å²) in [7, 11) is -1.18. The van der Waals surface area contributed by atoms with Gasteiger partial charge in [0.15, 0.2) is 0 Å². The predicted octanol–water partition coefficient (Wildman–Crippen LogP) is 0.0844. The van der Waals surface area contributed by atoms with Crippen molar-refractivity contribution in [1.82, 2.24) is 4.31 Å². The number of sulfonamides is 1. The molecule has 1 saturated heterocycles. The molecule has 2 aliphatic rings. The zero-order valence-electron chi connectivity index (χ0n) is 12.1. The van der Waals surface area contributed by atoms with Crippen LogP contribution in [0.25, 0.3) is 0 Å². The van der Waals surface area contributed by atoms with Crippen molar-refractivity contribution >= 4 is 10.0 Å². The van der Waals surface area contributed by atoms with E-state index in [-0.39, 0.29) is 0 Å². The summed E-state index contributed by atoms with van der Waals surface area (Å²) in [5, 5.41) is 0. The topological polar surface area (TPSA) is 41.8 Å². The van der Waals surface area contributed by atoms with Crippen LogP contribution in [-0.2, 0) is 22.9 Å². The molecule has 0 unspecified atom stereocenters. The molecule has 0 saturated carbocycles. The first kappa shape index (κ1) is 14.0. The first-order valence-corrected chi connectivity index (χ1v) is 8.94. The van der Waals surface area contributed by atoms with Gasteiger partial charge in [-0.15, -0.1) is 0 Å². The van der Waals surface area contributed by atoms with Crippen LogP contribution >= 0.6 is 0 Å². The fourth-order valence-corrected chi connectivity index (χ4v) is 4.62. The van der Waals surface area contributed by atoms with E-state index in [1.54, 1.807) is 10.4 Å². The van der Waals surface area contributed by atoms with Crippen molar-refractivity contribution in [2.75, 3.05) is 33.2 Å². The minimum Gasteiger partial charge on any atom is -0.335 e. The zero-order chi connectivity index (χ0) is 14.2.